The molecule has 3 N–H and O–H groups in total. The maximum atomic E-state index is 12.5. The maximum Gasteiger partial charge on any atom is 0.267 e. The number of carbonyl (C=O) groups excluding carboxylic acids is 1. The molecular formula is C12H17F2N3O3S. The second kappa shape index (κ2) is 5.72. The summed E-state index contributed by atoms with van der Waals surface area (Å²) >= 11 is 0. The molecule has 0 bridgehead atoms. The second-order valence-electron chi connectivity index (χ2n) is 5.33. The Hall–Kier alpha value is -1.48. The molecule has 0 saturated heterocycles. The fourth-order valence-electron chi connectivity index (χ4n) is 2.13. The summed E-state index contributed by atoms with van der Waals surface area (Å²) < 4.78 is 48.5. The number of nitrogens with two attached hydrogens (primary N) is 1. The highest BCUT2D eigenvalue weighted by Crippen LogP contribution is 2.36. The van der Waals surface area contributed by atoms with Gasteiger partial charge >= 0.3 is 0 Å². The van der Waals surface area contributed by atoms with Crippen molar-refractivity contribution in [3.8, 4) is 0 Å². The van der Waals surface area contributed by atoms with Gasteiger partial charge in [-0.15, -0.1) is 0 Å². The fraction of sp³-hybridized carbons (Fsp3) is 0.583. The molecule has 2 rings (SSSR count). The lowest BCUT2D eigenvalue weighted by Crippen LogP contribution is -2.28. The predicted octanol–water partition coefficient (Wildman–Crippen LogP) is 0.786. The van der Waals surface area contributed by atoms with Gasteiger partial charge in [0.25, 0.3) is 12.3 Å². The van der Waals surface area contributed by atoms with Crippen molar-refractivity contribution in [1.29, 1.82) is 0 Å². The lowest BCUT2D eigenvalue weighted by Gasteiger charge is -2.08. The van der Waals surface area contributed by atoms with Gasteiger partial charge in [-0.25, -0.2) is 22.3 Å². The standard InChI is InChI=1S/C12H17F2N3O3S/c1-7-2-8(7)4-16-12(18)10-3-9(21(15,19)20)5-17(10)6-11(13)14/h3,5,7-8,11H,2,4,6H2,1H3,(H,16,18)(H2,15,19,20). The Balaban J connectivity index is 2.18. The summed E-state index contributed by atoms with van der Waals surface area (Å²) in [5.41, 5.74) is -0.132. The smallest absolute Gasteiger partial charge is 0.267 e. The van der Waals surface area contributed by atoms with Gasteiger partial charge in [0.05, 0.1) is 6.54 Å². The van der Waals surface area contributed by atoms with Crippen molar-refractivity contribution in [2.45, 2.75) is 31.2 Å². The van der Waals surface area contributed by atoms with Crippen LogP contribution in [0.15, 0.2) is 17.2 Å². The number of primary sulfonamides is 1. The van der Waals surface area contributed by atoms with E-state index in [2.05, 4.69) is 12.2 Å². The lowest BCUT2D eigenvalue weighted by molar-refractivity contribution is 0.0928. The largest absolute Gasteiger partial charge is 0.350 e. The number of alkyl halides is 2. The summed E-state index contributed by atoms with van der Waals surface area (Å²) in [6, 6.07) is 1.02. The molecule has 6 nitrogen and oxygen atoms in total. The van der Waals surface area contributed by atoms with Crippen LogP contribution in [-0.2, 0) is 16.6 Å². The Morgan fingerprint density at radius 1 is 1.57 bits per heavy atom. The molecule has 1 amide bonds. The Bertz CT molecular complexity index is 642. The average Bonchev–Trinajstić information content (AvgIpc) is 2.86. The zero-order valence-electron chi connectivity index (χ0n) is 11.4. The predicted molar refractivity (Wildman–Crippen MR) is 71.4 cm³/mol. The van der Waals surface area contributed by atoms with Gasteiger partial charge in [-0.05, 0) is 24.3 Å². The van der Waals surface area contributed by atoms with Crippen LogP contribution in [0.25, 0.3) is 0 Å². The highest BCUT2D eigenvalue weighted by Gasteiger charge is 2.32. The van der Waals surface area contributed by atoms with Crippen LogP contribution in [0.3, 0.4) is 0 Å². The molecule has 118 valence electrons. The average molecular weight is 321 g/mol. The molecule has 0 spiro atoms. The summed E-state index contributed by atoms with van der Waals surface area (Å²) in [5, 5.41) is 7.59. The van der Waals surface area contributed by atoms with E-state index in [-0.39, 0.29) is 10.6 Å². The first kappa shape index (κ1) is 15.9. The monoisotopic (exact) mass is 321 g/mol. The van der Waals surface area contributed by atoms with Crippen LogP contribution in [0.4, 0.5) is 8.78 Å². The van der Waals surface area contributed by atoms with Crippen molar-refractivity contribution < 1.29 is 22.0 Å². The number of amides is 1. The molecule has 0 aromatic carbocycles. The van der Waals surface area contributed by atoms with E-state index < -0.39 is 28.9 Å². The number of halogens is 2. The molecule has 1 aromatic rings. The van der Waals surface area contributed by atoms with Gasteiger partial charge in [-0.1, -0.05) is 6.92 Å². The first-order chi connectivity index (χ1) is 9.68. The van der Waals surface area contributed by atoms with E-state index in [1.165, 1.54) is 0 Å². The van der Waals surface area contributed by atoms with Crippen LogP contribution in [-0.4, -0.2) is 31.9 Å². The van der Waals surface area contributed by atoms with Crippen molar-refractivity contribution in [2.75, 3.05) is 6.54 Å². The summed E-state index contributed by atoms with van der Waals surface area (Å²) in [6.07, 6.45) is -0.738. The first-order valence-electron chi connectivity index (χ1n) is 6.48. The Morgan fingerprint density at radius 2 is 2.19 bits per heavy atom. The SMILES string of the molecule is CC1CC1CNC(=O)c1cc(S(N)(=O)=O)cn1CC(F)F. The third kappa shape index (κ3) is 4.01. The lowest BCUT2D eigenvalue weighted by atomic mass is 10.3. The highest BCUT2D eigenvalue weighted by atomic mass is 32.2. The topological polar surface area (TPSA) is 94.2 Å². The van der Waals surface area contributed by atoms with Gasteiger partial charge in [0, 0.05) is 12.7 Å². The van der Waals surface area contributed by atoms with Gasteiger partial charge < -0.3 is 9.88 Å². The third-order valence-electron chi connectivity index (χ3n) is 3.57. The van der Waals surface area contributed by atoms with Crippen LogP contribution in [0.5, 0.6) is 0 Å². The van der Waals surface area contributed by atoms with E-state index in [0.717, 1.165) is 23.3 Å². The van der Waals surface area contributed by atoms with E-state index in [4.69, 9.17) is 5.14 Å². The van der Waals surface area contributed by atoms with Gasteiger partial charge in [0.2, 0.25) is 10.0 Å². The number of aromatic nitrogens is 1. The Morgan fingerprint density at radius 3 is 2.67 bits per heavy atom. The van der Waals surface area contributed by atoms with E-state index in [0.29, 0.717) is 18.4 Å². The minimum Gasteiger partial charge on any atom is -0.350 e. The number of carbonyl (C=O) groups is 1. The molecule has 1 saturated carbocycles. The number of nitrogens with zero attached hydrogens (tertiary/aromatic N) is 1. The molecule has 1 aliphatic rings. The zero-order valence-corrected chi connectivity index (χ0v) is 12.2. The van der Waals surface area contributed by atoms with Crippen LogP contribution < -0.4 is 10.5 Å². The van der Waals surface area contributed by atoms with Crippen molar-refractivity contribution in [3.05, 3.63) is 18.0 Å². The summed E-state index contributed by atoms with van der Waals surface area (Å²) in [5.74, 6) is 0.355. The van der Waals surface area contributed by atoms with Crippen molar-refractivity contribution in [2.24, 2.45) is 17.0 Å². The van der Waals surface area contributed by atoms with Crippen LogP contribution in [0.2, 0.25) is 0 Å². The first-order valence-corrected chi connectivity index (χ1v) is 8.02. The molecule has 0 aliphatic heterocycles. The summed E-state index contributed by atoms with van der Waals surface area (Å²) in [4.78, 5) is 11.7. The van der Waals surface area contributed by atoms with Crippen molar-refractivity contribution in [1.82, 2.24) is 9.88 Å². The molecule has 9 heteroatoms. The van der Waals surface area contributed by atoms with E-state index in [1.54, 1.807) is 0 Å². The minimum atomic E-state index is -4.05. The van der Waals surface area contributed by atoms with Gasteiger partial charge in [0.1, 0.15) is 10.6 Å². The molecule has 1 fully saturated rings. The number of hydrogen-bond donors (Lipinski definition) is 2. The molecule has 21 heavy (non-hydrogen) atoms. The van der Waals surface area contributed by atoms with Crippen molar-refractivity contribution >= 4 is 15.9 Å². The summed E-state index contributed by atoms with van der Waals surface area (Å²) in [6.45, 7) is 1.73. The van der Waals surface area contributed by atoms with Crippen LogP contribution in [0.1, 0.15) is 23.8 Å². The normalized spacial score (nSPS) is 21.6. The zero-order chi connectivity index (χ0) is 15.8. The molecule has 1 aromatic heterocycles. The minimum absolute atomic E-state index is 0.132. The number of sulfonamides is 1. The quantitative estimate of drug-likeness (QED) is 0.811. The van der Waals surface area contributed by atoms with Gasteiger partial charge in [-0.3, -0.25) is 4.79 Å². The fourth-order valence-corrected chi connectivity index (χ4v) is 2.68. The van der Waals surface area contributed by atoms with Crippen molar-refractivity contribution in [3.63, 3.8) is 0 Å². The highest BCUT2D eigenvalue weighted by molar-refractivity contribution is 7.89. The molecular weight excluding hydrogens is 304 g/mol. The molecule has 2 unspecified atom stereocenters. The van der Waals surface area contributed by atoms with Crippen LogP contribution >= 0.6 is 0 Å². The third-order valence-corrected chi connectivity index (χ3v) is 4.45. The Labute approximate surface area is 121 Å². The van der Waals surface area contributed by atoms with Gasteiger partial charge in [-0.2, -0.15) is 0 Å². The molecule has 2 atom stereocenters. The van der Waals surface area contributed by atoms with Crippen LogP contribution in [0, 0.1) is 11.8 Å². The molecule has 1 aliphatic carbocycles. The number of rotatable bonds is 6. The van der Waals surface area contributed by atoms with E-state index in [9.17, 15) is 22.0 Å². The summed E-state index contributed by atoms with van der Waals surface area (Å²) in [7, 11) is -4.05. The molecule has 0 radical (unpaired) electrons. The maximum absolute atomic E-state index is 12.5. The number of nitrogens with one attached hydrogen (secondary N) is 1. The Kier molecular flexibility index (Phi) is 4.33. The van der Waals surface area contributed by atoms with Gasteiger partial charge in [0.15, 0.2) is 0 Å². The number of hydrogen-bond acceptors (Lipinski definition) is 3. The van der Waals surface area contributed by atoms with E-state index in [1.807, 2.05) is 0 Å². The van der Waals surface area contributed by atoms with E-state index >= 15 is 0 Å². The molecule has 1 heterocycles. The second-order valence-corrected chi connectivity index (χ2v) is 6.89.